The molecule has 116 valence electrons. The number of thioether (sulfide) groups is 1. The summed E-state index contributed by atoms with van der Waals surface area (Å²) in [6.45, 7) is 1.61. The number of likely N-dealkylation sites (tertiary alicyclic amines) is 1. The fourth-order valence-electron chi connectivity index (χ4n) is 2.24. The molecular formula is C15H18N4OS2. The Labute approximate surface area is 138 Å². The Morgan fingerprint density at radius 3 is 2.91 bits per heavy atom. The lowest BCUT2D eigenvalue weighted by atomic mass is 10.1. The second kappa shape index (κ2) is 7.60. The Balaban J connectivity index is 1.47. The quantitative estimate of drug-likeness (QED) is 0.822. The number of rotatable bonds is 6. The number of nitrogens with zero attached hydrogens (tertiary/aromatic N) is 3. The highest BCUT2D eigenvalue weighted by Crippen LogP contribution is 2.27. The van der Waals surface area contributed by atoms with Crippen molar-refractivity contribution < 1.29 is 4.79 Å². The van der Waals surface area contributed by atoms with Gasteiger partial charge in [0.15, 0.2) is 4.34 Å². The van der Waals surface area contributed by atoms with Gasteiger partial charge in [-0.1, -0.05) is 53.4 Å². The van der Waals surface area contributed by atoms with E-state index >= 15 is 0 Å². The molecule has 1 aromatic heterocycles. The first-order valence-electron chi connectivity index (χ1n) is 7.33. The molecule has 1 N–H and O–H groups in total. The number of carbonyl (C=O) groups excluding carboxylic acids is 1. The number of carbonyl (C=O) groups is 1. The SMILES string of the molecule is O=C1CCCCN1CSc1nnc(NCc2ccccc2)s1. The molecule has 22 heavy (non-hydrogen) atoms. The van der Waals surface area contributed by atoms with E-state index < -0.39 is 0 Å². The molecule has 2 heterocycles. The van der Waals surface area contributed by atoms with E-state index in [1.54, 1.807) is 11.8 Å². The first-order chi connectivity index (χ1) is 10.8. The highest BCUT2D eigenvalue weighted by Gasteiger charge is 2.18. The molecule has 0 radical (unpaired) electrons. The van der Waals surface area contributed by atoms with Crippen molar-refractivity contribution in [1.29, 1.82) is 0 Å². The molecule has 3 rings (SSSR count). The van der Waals surface area contributed by atoms with E-state index in [0.29, 0.717) is 12.3 Å². The van der Waals surface area contributed by atoms with E-state index in [1.165, 1.54) is 16.9 Å². The van der Waals surface area contributed by atoms with Crippen LogP contribution in [0.3, 0.4) is 0 Å². The summed E-state index contributed by atoms with van der Waals surface area (Å²) in [4.78, 5) is 13.7. The minimum atomic E-state index is 0.255. The third kappa shape index (κ3) is 4.20. The van der Waals surface area contributed by atoms with Gasteiger partial charge in [-0.15, -0.1) is 10.2 Å². The molecule has 0 bridgehead atoms. The molecule has 0 spiro atoms. The topological polar surface area (TPSA) is 58.1 Å². The third-order valence-corrected chi connectivity index (χ3v) is 5.51. The molecule has 2 aromatic rings. The van der Waals surface area contributed by atoms with Gasteiger partial charge in [-0.2, -0.15) is 0 Å². The van der Waals surface area contributed by atoms with Crippen LogP contribution in [0.15, 0.2) is 34.7 Å². The van der Waals surface area contributed by atoms with E-state index in [1.807, 2.05) is 23.1 Å². The monoisotopic (exact) mass is 334 g/mol. The Morgan fingerprint density at radius 2 is 2.09 bits per heavy atom. The molecule has 1 saturated heterocycles. The van der Waals surface area contributed by atoms with Gasteiger partial charge in [0.1, 0.15) is 0 Å². The first kappa shape index (κ1) is 15.3. The lowest BCUT2D eigenvalue weighted by Gasteiger charge is -2.25. The summed E-state index contributed by atoms with van der Waals surface area (Å²) in [5.74, 6) is 0.928. The van der Waals surface area contributed by atoms with Crippen LogP contribution >= 0.6 is 23.1 Å². The summed E-state index contributed by atoms with van der Waals surface area (Å²) in [6, 6.07) is 10.2. The lowest BCUT2D eigenvalue weighted by molar-refractivity contribution is -0.132. The number of aromatic nitrogens is 2. The van der Waals surface area contributed by atoms with Crippen molar-refractivity contribution in [1.82, 2.24) is 15.1 Å². The van der Waals surface area contributed by atoms with Gasteiger partial charge in [0.05, 0.1) is 5.88 Å². The van der Waals surface area contributed by atoms with Crippen molar-refractivity contribution in [3.05, 3.63) is 35.9 Å². The van der Waals surface area contributed by atoms with Crippen LogP contribution in [-0.2, 0) is 11.3 Å². The van der Waals surface area contributed by atoms with Gasteiger partial charge in [-0.3, -0.25) is 4.79 Å². The van der Waals surface area contributed by atoms with Crippen molar-refractivity contribution in [2.24, 2.45) is 0 Å². The van der Waals surface area contributed by atoms with E-state index in [0.717, 1.165) is 35.4 Å². The Bertz CT molecular complexity index is 617. The van der Waals surface area contributed by atoms with Gasteiger partial charge in [0, 0.05) is 19.5 Å². The number of piperidine rings is 1. The van der Waals surface area contributed by atoms with Crippen molar-refractivity contribution in [2.45, 2.75) is 30.1 Å². The van der Waals surface area contributed by atoms with Gasteiger partial charge >= 0.3 is 0 Å². The van der Waals surface area contributed by atoms with Crippen molar-refractivity contribution >= 4 is 34.1 Å². The van der Waals surface area contributed by atoms with Gasteiger partial charge in [0.25, 0.3) is 0 Å². The van der Waals surface area contributed by atoms with Crippen LogP contribution in [0.5, 0.6) is 0 Å². The van der Waals surface area contributed by atoms with Crippen LogP contribution in [0.2, 0.25) is 0 Å². The van der Waals surface area contributed by atoms with Crippen LogP contribution in [0.4, 0.5) is 5.13 Å². The van der Waals surface area contributed by atoms with E-state index in [-0.39, 0.29) is 5.91 Å². The highest BCUT2D eigenvalue weighted by atomic mass is 32.2. The Hall–Kier alpha value is -1.60. The second-order valence-electron chi connectivity index (χ2n) is 5.10. The second-order valence-corrected chi connectivity index (χ2v) is 7.27. The van der Waals surface area contributed by atoms with Gasteiger partial charge in [-0.05, 0) is 18.4 Å². The molecule has 0 unspecified atom stereocenters. The zero-order valence-electron chi connectivity index (χ0n) is 12.2. The minimum Gasteiger partial charge on any atom is -0.356 e. The molecule has 1 aliphatic heterocycles. The van der Waals surface area contributed by atoms with Crippen LogP contribution in [0.1, 0.15) is 24.8 Å². The van der Waals surface area contributed by atoms with Gasteiger partial charge < -0.3 is 10.2 Å². The molecule has 0 saturated carbocycles. The van der Waals surface area contributed by atoms with Crippen LogP contribution in [0.25, 0.3) is 0 Å². The van der Waals surface area contributed by atoms with Crippen molar-refractivity contribution in [2.75, 3.05) is 17.7 Å². The molecule has 1 aromatic carbocycles. The standard InChI is InChI=1S/C15H18N4OS2/c20-13-8-4-5-9-19(13)11-21-15-18-17-14(22-15)16-10-12-6-2-1-3-7-12/h1-3,6-7H,4-5,8-11H2,(H,16,17). The zero-order chi connectivity index (χ0) is 15.2. The number of anilines is 1. The fraction of sp³-hybridized carbons (Fsp3) is 0.400. The average molecular weight is 334 g/mol. The smallest absolute Gasteiger partial charge is 0.223 e. The fourth-order valence-corrected chi connectivity index (χ4v) is 3.99. The maximum absolute atomic E-state index is 11.7. The van der Waals surface area contributed by atoms with Crippen LogP contribution < -0.4 is 5.32 Å². The van der Waals surface area contributed by atoms with Crippen molar-refractivity contribution in [3.63, 3.8) is 0 Å². The molecule has 0 atom stereocenters. The average Bonchev–Trinajstić information content (AvgIpc) is 3.01. The Morgan fingerprint density at radius 1 is 1.23 bits per heavy atom. The minimum absolute atomic E-state index is 0.255. The molecular weight excluding hydrogens is 316 g/mol. The predicted molar refractivity (Wildman–Crippen MR) is 90.0 cm³/mol. The predicted octanol–water partition coefficient (Wildman–Crippen LogP) is 3.21. The molecule has 1 fully saturated rings. The van der Waals surface area contributed by atoms with Crippen LogP contribution in [0, 0.1) is 0 Å². The van der Waals surface area contributed by atoms with Gasteiger partial charge in [-0.25, -0.2) is 0 Å². The third-order valence-electron chi connectivity index (χ3n) is 3.46. The van der Waals surface area contributed by atoms with E-state index in [2.05, 4.69) is 27.6 Å². The molecule has 1 aliphatic rings. The summed E-state index contributed by atoms with van der Waals surface area (Å²) in [7, 11) is 0. The summed E-state index contributed by atoms with van der Waals surface area (Å²) in [5, 5.41) is 12.4. The van der Waals surface area contributed by atoms with E-state index in [9.17, 15) is 4.79 Å². The number of benzene rings is 1. The number of nitrogens with one attached hydrogen (secondary N) is 1. The summed E-state index contributed by atoms with van der Waals surface area (Å²) >= 11 is 3.12. The molecule has 7 heteroatoms. The number of amides is 1. The summed E-state index contributed by atoms with van der Waals surface area (Å²) < 4.78 is 0.897. The maximum atomic E-state index is 11.7. The summed E-state index contributed by atoms with van der Waals surface area (Å²) in [5.41, 5.74) is 1.21. The lowest BCUT2D eigenvalue weighted by Crippen LogP contribution is -2.34. The molecule has 0 aliphatic carbocycles. The number of hydrogen-bond acceptors (Lipinski definition) is 6. The highest BCUT2D eigenvalue weighted by molar-refractivity contribution is 8.01. The molecule has 5 nitrogen and oxygen atoms in total. The first-order valence-corrected chi connectivity index (χ1v) is 9.13. The maximum Gasteiger partial charge on any atom is 0.223 e. The zero-order valence-corrected chi connectivity index (χ0v) is 13.8. The Kier molecular flexibility index (Phi) is 5.29. The normalized spacial score (nSPS) is 15.1. The van der Waals surface area contributed by atoms with E-state index in [4.69, 9.17) is 0 Å². The number of hydrogen-bond donors (Lipinski definition) is 1. The van der Waals surface area contributed by atoms with Gasteiger partial charge in [0.2, 0.25) is 11.0 Å². The molecule has 1 amide bonds. The summed E-state index contributed by atoms with van der Waals surface area (Å²) in [6.07, 6.45) is 2.80. The largest absolute Gasteiger partial charge is 0.356 e. The van der Waals surface area contributed by atoms with Crippen LogP contribution in [-0.4, -0.2) is 33.4 Å². The van der Waals surface area contributed by atoms with Crippen molar-refractivity contribution in [3.8, 4) is 0 Å².